The predicted molar refractivity (Wildman–Crippen MR) is 75.4 cm³/mol. The number of esters is 1. The Morgan fingerprint density at radius 1 is 0.900 bits per heavy atom. The van der Waals surface area contributed by atoms with E-state index in [9.17, 15) is 9.59 Å². The summed E-state index contributed by atoms with van der Waals surface area (Å²) in [6.07, 6.45) is 0. The van der Waals surface area contributed by atoms with Crippen LogP contribution in [0.2, 0.25) is 0 Å². The van der Waals surface area contributed by atoms with Crippen molar-refractivity contribution in [2.24, 2.45) is 0 Å². The van der Waals surface area contributed by atoms with Crippen molar-refractivity contribution >= 4 is 11.8 Å². The maximum Gasteiger partial charge on any atom is 0.337 e. The molecule has 3 nitrogen and oxygen atoms in total. The molecule has 0 aliphatic rings. The van der Waals surface area contributed by atoms with Crippen molar-refractivity contribution in [3.63, 3.8) is 0 Å². The second-order valence-corrected chi connectivity index (χ2v) is 4.01. The van der Waals surface area contributed by atoms with E-state index in [0.29, 0.717) is 16.7 Å². The highest BCUT2D eigenvalue weighted by Crippen LogP contribution is 2.05. The third-order valence-corrected chi connectivity index (χ3v) is 2.66. The summed E-state index contributed by atoms with van der Waals surface area (Å²) in [4.78, 5) is 23.1. The fraction of sp³-hybridized carbons (Fsp3) is 0.0588. The summed E-state index contributed by atoms with van der Waals surface area (Å²) in [5.74, 6) is 4.72. The van der Waals surface area contributed by atoms with Gasteiger partial charge in [-0.1, -0.05) is 36.3 Å². The summed E-state index contributed by atoms with van der Waals surface area (Å²) in [7, 11) is 1.33. The normalized spacial score (nSPS) is 9.25. The number of methoxy groups -OCH3 is 1. The molecule has 0 aliphatic carbocycles. The fourth-order valence-corrected chi connectivity index (χ4v) is 1.60. The zero-order valence-electron chi connectivity index (χ0n) is 10.9. The Hall–Kier alpha value is -2.86. The van der Waals surface area contributed by atoms with Crippen LogP contribution in [0.4, 0.5) is 0 Å². The topological polar surface area (TPSA) is 43.4 Å². The summed E-state index contributed by atoms with van der Waals surface area (Å²) in [6.45, 7) is 0. The third kappa shape index (κ3) is 3.33. The average Bonchev–Trinajstić information content (AvgIpc) is 2.53. The molecule has 0 amide bonds. The number of rotatable bonds is 2. The lowest BCUT2D eigenvalue weighted by Gasteiger charge is -1.98. The first-order valence-corrected chi connectivity index (χ1v) is 6.00. The Labute approximate surface area is 117 Å². The highest BCUT2D eigenvalue weighted by Gasteiger charge is 2.03. The lowest BCUT2D eigenvalue weighted by Crippen LogP contribution is -2.00. The van der Waals surface area contributed by atoms with Gasteiger partial charge in [0.2, 0.25) is 5.78 Å². The Balaban J connectivity index is 2.13. The molecule has 0 unspecified atom stereocenters. The van der Waals surface area contributed by atoms with E-state index in [4.69, 9.17) is 0 Å². The molecule has 0 N–H and O–H groups in total. The van der Waals surface area contributed by atoms with Crippen molar-refractivity contribution in [1.82, 2.24) is 0 Å². The van der Waals surface area contributed by atoms with E-state index in [1.807, 2.05) is 6.07 Å². The number of carbonyl (C=O) groups excluding carboxylic acids is 2. The molecule has 0 fully saturated rings. The Kier molecular flexibility index (Phi) is 4.31. The molecule has 0 bridgehead atoms. The highest BCUT2D eigenvalue weighted by molar-refractivity contribution is 6.09. The van der Waals surface area contributed by atoms with Gasteiger partial charge in [0.05, 0.1) is 12.7 Å². The fourth-order valence-electron chi connectivity index (χ4n) is 1.60. The SMILES string of the molecule is COC(=O)c1ccc(C#CC(=O)c2ccccc2)cc1. The van der Waals surface area contributed by atoms with Crippen LogP contribution in [-0.4, -0.2) is 18.9 Å². The standard InChI is InChI=1S/C17H12O3/c1-20-17(19)15-10-7-13(8-11-15)9-12-16(18)14-5-3-2-4-6-14/h2-8,10-11H,1H3. The van der Waals surface area contributed by atoms with Crippen molar-refractivity contribution in [3.05, 3.63) is 71.3 Å². The van der Waals surface area contributed by atoms with Crippen LogP contribution in [0.3, 0.4) is 0 Å². The van der Waals surface area contributed by atoms with E-state index in [1.165, 1.54) is 7.11 Å². The van der Waals surface area contributed by atoms with Crippen molar-refractivity contribution in [1.29, 1.82) is 0 Å². The summed E-state index contributed by atoms with van der Waals surface area (Å²) >= 11 is 0. The largest absolute Gasteiger partial charge is 0.465 e. The number of ketones is 1. The molecular weight excluding hydrogens is 252 g/mol. The maximum absolute atomic E-state index is 11.8. The summed E-state index contributed by atoms with van der Waals surface area (Å²) in [5, 5.41) is 0. The molecule has 0 spiro atoms. The van der Waals surface area contributed by atoms with Gasteiger partial charge in [0.25, 0.3) is 0 Å². The Morgan fingerprint density at radius 2 is 1.55 bits per heavy atom. The minimum absolute atomic E-state index is 0.234. The van der Waals surface area contributed by atoms with Crippen LogP contribution in [0.15, 0.2) is 54.6 Å². The summed E-state index contributed by atoms with van der Waals surface area (Å²) in [6, 6.07) is 15.4. The zero-order chi connectivity index (χ0) is 14.4. The van der Waals surface area contributed by atoms with Crippen LogP contribution < -0.4 is 0 Å². The van der Waals surface area contributed by atoms with Crippen LogP contribution in [0.25, 0.3) is 0 Å². The first kappa shape index (κ1) is 13.6. The molecule has 98 valence electrons. The molecule has 2 rings (SSSR count). The first-order valence-electron chi connectivity index (χ1n) is 6.00. The lowest BCUT2D eigenvalue weighted by molar-refractivity contribution is 0.0600. The van der Waals surface area contributed by atoms with Gasteiger partial charge in [-0.05, 0) is 30.2 Å². The minimum atomic E-state index is -0.398. The van der Waals surface area contributed by atoms with E-state index in [1.54, 1.807) is 48.5 Å². The van der Waals surface area contributed by atoms with E-state index in [-0.39, 0.29) is 5.78 Å². The van der Waals surface area contributed by atoms with E-state index in [2.05, 4.69) is 16.6 Å². The smallest absolute Gasteiger partial charge is 0.337 e. The monoisotopic (exact) mass is 264 g/mol. The molecule has 0 saturated heterocycles. The number of benzene rings is 2. The van der Waals surface area contributed by atoms with Gasteiger partial charge < -0.3 is 4.74 Å². The second kappa shape index (κ2) is 6.35. The summed E-state index contributed by atoms with van der Waals surface area (Å²) in [5.41, 5.74) is 1.68. The Bertz CT molecular complexity index is 674. The lowest BCUT2D eigenvalue weighted by atomic mass is 10.1. The van der Waals surface area contributed by atoms with Crippen molar-refractivity contribution < 1.29 is 14.3 Å². The van der Waals surface area contributed by atoms with Gasteiger partial charge in [-0.3, -0.25) is 4.79 Å². The van der Waals surface area contributed by atoms with Gasteiger partial charge in [0, 0.05) is 11.1 Å². The first-order chi connectivity index (χ1) is 9.70. The number of ether oxygens (including phenoxy) is 1. The average molecular weight is 264 g/mol. The van der Waals surface area contributed by atoms with Crippen molar-refractivity contribution in [2.75, 3.05) is 7.11 Å². The van der Waals surface area contributed by atoms with Crippen LogP contribution in [0.5, 0.6) is 0 Å². The van der Waals surface area contributed by atoms with Gasteiger partial charge in [-0.25, -0.2) is 4.79 Å². The second-order valence-electron chi connectivity index (χ2n) is 4.01. The maximum atomic E-state index is 11.8. The third-order valence-electron chi connectivity index (χ3n) is 2.66. The van der Waals surface area contributed by atoms with E-state index < -0.39 is 5.97 Å². The van der Waals surface area contributed by atoms with E-state index in [0.717, 1.165) is 0 Å². The highest BCUT2D eigenvalue weighted by atomic mass is 16.5. The summed E-state index contributed by atoms with van der Waals surface area (Å²) < 4.78 is 4.60. The molecule has 0 saturated carbocycles. The van der Waals surface area contributed by atoms with E-state index >= 15 is 0 Å². The van der Waals surface area contributed by atoms with Gasteiger partial charge in [0.15, 0.2) is 0 Å². The van der Waals surface area contributed by atoms with Gasteiger partial charge in [-0.15, -0.1) is 0 Å². The van der Waals surface area contributed by atoms with Gasteiger partial charge in [0.1, 0.15) is 0 Å². The van der Waals surface area contributed by atoms with Crippen LogP contribution in [0, 0.1) is 11.8 Å². The molecule has 0 atom stereocenters. The van der Waals surface area contributed by atoms with Crippen LogP contribution in [0.1, 0.15) is 26.3 Å². The van der Waals surface area contributed by atoms with Gasteiger partial charge >= 0.3 is 5.97 Å². The molecule has 0 aliphatic heterocycles. The van der Waals surface area contributed by atoms with Gasteiger partial charge in [-0.2, -0.15) is 0 Å². The molecule has 20 heavy (non-hydrogen) atoms. The molecule has 0 radical (unpaired) electrons. The molecule has 0 heterocycles. The van der Waals surface area contributed by atoms with Crippen molar-refractivity contribution in [2.45, 2.75) is 0 Å². The molecule has 2 aromatic rings. The number of hydrogen-bond acceptors (Lipinski definition) is 3. The van der Waals surface area contributed by atoms with Crippen LogP contribution in [-0.2, 0) is 4.74 Å². The van der Waals surface area contributed by atoms with Crippen LogP contribution >= 0.6 is 0 Å². The predicted octanol–water partition coefficient (Wildman–Crippen LogP) is 2.71. The molecule has 3 heteroatoms. The minimum Gasteiger partial charge on any atom is -0.465 e. The quantitative estimate of drug-likeness (QED) is 0.476. The molecule has 2 aromatic carbocycles. The Morgan fingerprint density at radius 3 is 2.15 bits per heavy atom. The number of Topliss-reactive ketones (excluding diaryl/α,β-unsaturated/α-hetero) is 1. The van der Waals surface area contributed by atoms with Crippen molar-refractivity contribution in [3.8, 4) is 11.8 Å². The number of carbonyl (C=O) groups is 2. The molecular formula is C17H12O3. The molecule has 0 aromatic heterocycles. The number of hydrogen-bond donors (Lipinski definition) is 0. The zero-order valence-corrected chi connectivity index (χ0v) is 10.9.